The van der Waals surface area contributed by atoms with E-state index in [9.17, 15) is 9.90 Å². The van der Waals surface area contributed by atoms with Gasteiger partial charge >= 0.3 is 0 Å². The van der Waals surface area contributed by atoms with E-state index in [-0.39, 0.29) is 11.3 Å². The second-order valence-electron chi connectivity index (χ2n) is 5.75. The molecule has 3 rings (SSSR count). The summed E-state index contributed by atoms with van der Waals surface area (Å²) in [4.78, 5) is 14.2. The number of hydrogen-bond acceptors (Lipinski definition) is 2. The van der Waals surface area contributed by atoms with Gasteiger partial charge in [0.1, 0.15) is 0 Å². The van der Waals surface area contributed by atoms with Crippen molar-refractivity contribution >= 4 is 17.5 Å². The molecule has 0 unspecified atom stereocenters. The molecule has 1 saturated carbocycles. The van der Waals surface area contributed by atoms with Gasteiger partial charge in [0.2, 0.25) is 5.91 Å². The molecular weight excluding hydrogens is 250 g/mol. The van der Waals surface area contributed by atoms with Crippen LogP contribution in [0.1, 0.15) is 25.3 Å². The first-order chi connectivity index (χ1) is 8.43. The molecule has 1 aliphatic heterocycles. The van der Waals surface area contributed by atoms with Crippen LogP contribution < -0.4 is 0 Å². The van der Waals surface area contributed by atoms with Crippen molar-refractivity contribution < 1.29 is 9.90 Å². The fraction of sp³-hybridized carbons (Fsp3) is 0.500. The van der Waals surface area contributed by atoms with E-state index in [1.807, 2.05) is 24.3 Å². The summed E-state index contributed by atoms with van der Waals surface area (Å²) in [5.41, 5.74) is -0.00393. The topological polar surface area (TPSA) is 40.5 Å². The first-order valence-electron chi connectivity index (χ1n) is 6.21. The number of likely N-dealkylation sites (tertiary alicyclic amines) is 1. The highest BCUT2D eigenvalue weighted by atomic mass is 35.5. The summed E-state index contributed by atoms with van der Waals surface area (Å²) in [6.07, 6.45) is 1.79. The summed E-state index contributed by atoms with van der Waals surface area (Å²) in [5, 5.41) is 10.4. The average molecular weight is 266 g/mol. The molecule has 0 spiro atoms. The molecule has 3 nitrogen and oxygen atoms in total. The van der Waals surface area contributed by atoms with Gasteiger partial charge in [0.05, 0.1) is 24.1 Å². The predicted octanol–water partition coefficient (Wildman–Crippen LogP) is 1.96. The number of nitrogens with zero attached hydrogens (tertiary/aromatic N) is 1. The minimum absolute atomic E-state index is 0.149. The van der Waals surface area contributed by atoms with Crippen LogP contribution in [0, 0.1) is 0 Å². The van der Waals surface area contributed by atoms with E-state index in [1.165, 1.54) is 0 Å². The van der Waals surface area contributed by atoms with Gasteiger partial charge < -0.3 is 10.0 Å². The first kappa shape index (κ1) is 12.0. The minimum atomic E-state index is -0.703. The highest BCUT2D eigenvalue weighted by Crippen LogP contribution is 2.50. The Hall–Kier alpha value is -1.06. The zero-order valence-electron chi connectivity index (χ0n) is 10.3. The number of β-amino-alcohol motifs (C(OH)–C–C–N with tert-alkyl or cyclic N) is 1. The highest BCUT2D eigenvalue weighted by Gasteiger charge is 2.56. The molecule has 1 N–H and O–H groups in total. The number of rotatable bonds is 2. The largest absolute Gasteiger partial charge is 0.386 e. The third kappa shape index (κ3) is 1.82. The first-order valence-corrected chi connectivity index (χ1v) is 6.59. The van der Waals surface area contributed by atoms with E-state index in [1.54, 1.807) is 11.8 Å². The van der Waals surface area contributed by atoms with E-state index < -0.39 is 5.60 Å². The average Bonchev–Trinajstić information content (AvgIpc) is 3.07. The van der Waals surface area contributed by atoms with Crippen molar-refractivity contribution in [3.8, 4) is 0 Å². The van der Waals surface area contributed by atoms with Gasteiger partial charge in [0, 0.05) is 5.02 Å². The molecule has 2 fully saturated rings. The summed E-state index contributed by atoms with van der Waals surface area (Å²) in [7, 11) is 0. The Kier molecular flexibility index (Phi) is 2.48. The molecule has 1 saturated heterocycles. The van der Waals surface area contributed by atoms with Crippen LogP contribution in [0.25, 0.3) is 0 Å². The van der Waals surface area contributed by atoms with Crippen LogP contribution in [0.2, 0.25) is 5.02 Å². The van der Waals surface area contributed by atoms with E-state index in [4.69, 9.17) is 11.6 Å². The van der Waals surface area contributed by atoms with Gasteiger partial charge in [-0.25, -0.2) is 0 Å². The number of hydrogen-bond donors (Lipinski definition) is 1. The Bertz CT molecular complexity index is 483. The second-order valence-corrected chi connectivity index (χ2v) is 6.18. The Labute approximate surface area is 111 Å². The lowest BCUT2D eigenvalue weighted by Gasteiger charge is -2.45. The van der Waals surface area contributed by atoms with Gasteiger partial charge in [-0.2, -0.15) is 0 Å². The smallest absolute Gasteiger partial charge is 0.233 e. The molecule has 96 valence electrons. The molecule has 1 amide bonds. The Balaban J connectivity index is 1.79. The molecule has 1 aliphatic carbocycles. The van der Waals surface area contributed by atoms with Crippen LogP contribution in [-0.2, 0) is 10.2 Å². The molecule has 1 heterocycles. The lowest BCUT2D eigenvalue weighted by atomic mass is 9.89. The quantitative estimate of drug-likeness (QED) is 0.888. The number of halogens is 1. The summed E-state index contributed by atoms with van der Waals surface area (Å²) in [6.45, 7) is 2.65. The summed E-state index contributed by atoms with van der Waals surface area (Å²) in [5.74, 6) is 0.149. The lowest BCUT2D eigenvalue weighted by Crippen LogP contribution is -2.63. The Morgan fingerprint density at radius 1 is 1.28 bits per heavy atom. The van der Waals surface area contributed by atoms with Crippen molar-refractivity contribution in [2.24, 2.45) is 0 Å². The predicted molar refractivity (Wildman–Crippen MR) is 69.6 cm³/mol. The van der Waals surface area contributed by atoms with Crippen molar-refractivity contribution in [1.29, 1.82) is 0 Å². The van der Waals surface area contributed by atoms with Crippen LogP contribution in [0.15, 0.2) is 24.3 Å². The molecule has 18 heavy (non-hydrogen) atoms. The highest BCUT2D eigenvalue weighted by molar-refractivity contribution is 6.30. The summed E-state index contributed by atoms with van der Waals surface area (Å²) in [6, 6.07) is 7.53. The van der Waals surface area contributed by atoms with Gasteiger partial charge in [0.15, 0.2) is 0 Å². The van der Waals surface area contributed by atoms with Crippen molar-refractivity contribution in [2.45, 2.75) is 30.8 Å². The summed E-state index contributed by atoms with van der Waals surface area (Å²) < 4.78 is 0. The van der Waals surface area contributed by atoms with Crippen LogP contribution in [0.3, 0.4) is 0 Å². The van der Waals surface area contributed by atoms with Crippen molar-refractivity contribution in [2.75, 3.05) is 13.1 Å². The number of aliphatic hydroxyl groups is 1. The molecule has 4 heteroatoms. The van der Waals surface area contributed by atoms with E-state index in [0.29, 0.717) is 18.1 Å². The molecule has 0 atom stereocenters. The van der Waals surface area contributed by atoms with Crippen LogP contribution in [-0.4, -0.2) is 34.6 Å². The maximum absolute atomic E-state index is 12.5. The number of amides is 1. The zero-order valence-corrected chi connectivity index (χ0v) is 11.1. The van der Waals surface area contributed by atoms with Gasteiger partial charge in [-0.1, -0.05) is 23.7 Å². The van der Waals surface area contributed by atoms with Crippen molar-refractivity contribution in [3.05, 3.63) is 34.9 Å². The van der Waals surface area contributed by atoms with Gasteiger partial charge in [0.25, 0.3) is 0 Å². The minimum Gasteiger partial charge on any atom is -0.386 e. The van der Waals surface area contributed by atoms with Gasteiger partial charge in [-0.05, 0) is 37.5 Å². The van der Waals surface area contributed by atoms with E-state index in [0.717, 1.165) is 18.4 Å². The Morgan fingerprint density at radius 3 is 2.28 bits per heavy atom. The van der Waals surface area contributed by atoms with Gasteiger partial charge in [-0.3, -0.25) is 4.79 Å². The normalized spacial score (nSPS) is 23.4. The molecule has 0 bridgehead atoms. The standard InChI is InChI=1S/C14H16ClNO2/c1-13(18)8-16(9-13)12(17)14(6-7-14)10-2-4-11(15)5-3-10/h2-5,18H,6-9H2,1H3. The van der Waals surface area contributed by atoms with Crippen LogP contribution in [0.4, 0.5) is 0 Å². The number of carbonyl (C=O) groups excluding carboxylic acids is 1. The third-order valence-corrected chi connectivity index (χ3v) is 4.16. The van der Waals surface area contributed by atoms with Crippen LogP contribution in [0.5, 0.6) is 0 Å². The monoisotopic (exact) mass is 265 g/mol. The fourth-order valence-corrected chi connectivity index (χ4v) is 2.87. The second kappa shape index (κ2) is 3.72. The molecular formula is C14H16ClNO2. The molecule has 2 aliphatic rings. The molecule has 0 radical (unpaired) electrons. The fourth-order valence-electron chi connectivity index (χ4n) is 2.74. The SMILES string of the molecule is CC1(O)CN(C(=O)C2(c3ccc(Cl)cc3)CC2)C1. The number of benzene rings is 1. The maximum Gasteiger partial charge on any atom is 0.233 e. The lowest BCUT2D eigenvalue weighted by molar-refractivity contribution is -0.155. The van der Waals surface area contributed by atoms with E-state index >= 15 is 0 Å². The molecule has 1 aromatic carbocycles. The number of carbonyl (C=O) groups is 1. The third-order valence-electron chi connectivity index (χ3n) is 3.91. The summed E-state index contributed by atoms with van der Waals surface area (Å²) >= 11 is 5.87. The van der Waals surface area contributed by atoms with Crippen molar-refractivity contribution in [1.82, 2.24) is 4.90 Å². The maximum atomic E-state index is 12.5. The van der Waals surface area contributed by atoms with Gasteiger partial charge in [-0.15, -0.1) is 0 Å². The Morgan fingerprint density at radius 2 is 1.83 bits per heavy atom. The van der Waals surface area contributed by atoms with Crippen LogP contribution >= 0.6 is 11.6 Å². The zero-order chi connectivity index (χ0) is 13.0. The molecule has 0 aromatic heterocycles. The van der Waals surface area contributed by atoms with Crippen molar-refractivity contribution in [3.63, 3.8) is 0 Å². The molecule has 1 aromatic rings. The van der Waals surface area contributed by atoms with E-state index in [2.05, 4.69) is 0 Å².